The molecule has 0 atom stereocenters. The first-order chi connectivity index (χ1) is 8.83. The van der Waals surface area contributed by atoms with Crippen molar-refractivity contribution in [2.24, 2.45) is 25.7 Å². The van der Waals surface area contributed by atoms with Gasteiger partial charge in [-0.25, -0.2) is 15.0 Å². The molecule has 2 N–H and O–H groups in total. The van der Waals surface area contributed by atoms with Gasteiger partial charge < -0.3 is 4.74 Å². The summed E-state index contributed by atoms with van der Waals surface area (Å²) in [5, 5.41) is 0. The molecule has 0 saturated heterocycles. The van der Waals surface area contributed by atoms with E-state index in [2.05, 4.69) is 20.0 Å². The molecule has 18 heavy (non-hydrogen) atoms. The van der Waals surface area contributed by atoms with Gasteiger partial charge in [0.1, 0.15) is 12.9 Å². The number of amidine groups is 1. The van der Waals surface area contributed by atoms with Crippen LogP contribution < -0.4 is 5.73 Å². The molecule has 2 heterocycles. The second-order valence-corrected chi connectivity index (χ2v) is 3.71. The van der Waals surface area contributed by atoms with Gasteiger partial charge in [0.05, 0.1) is 0 Å². The Bertz CT molecular complexity index is 573. The standard InChI is InChI=1S/C12H10N5O/c13-12-16-10-9(14-7-15-10)11(17-12)18-6-8-4-2-1-3-5-8/h1-5,7H,6,13H2. The van der Waals surface area contributed by atoms with Gasteiger partial charge in [0.15, 0.2) is 11.5 Å². The predicted octanol–water partition coefficient (Wildman–Crippen LogP) is 0.902. The third-order valence-corrected chi connectivity index (χ3v) is 2.44. The molecule has 1 radical (unpaired) electrons. The lowest BCUT2D eigenvalue weighted by atomic mass is 10.2. The molecule has 6 nitrogen and oxygen atoms in total. The number of aliphatic imine (C=N–C) groups is 4. The third kappa shape index (κ3) is 2.05. The van der Waals surface area contributed by atoms with Crippen LogP contribution >= 0.6 is 0 Å². The van der Waals surface area contributed by atoms with Crippen LogP contribution in [0.1, 0.15) is 5.56 Å². The van der Waals surface area contributed by atoms with Crippen LogP contribution in [0.15, 0.2) is 50.3 Å². The third-order valence-electron chi connectivity index (χ3n) is 2.44. The van der Waals surface area contributed by atoms with Crippen LogP contribution in [-0.4, -0.2) is 23.8 Å². The molecule has 0 amide bonds. The van der Waals surface area contributed by atoms with E-state index in [1.54, 1.807) is 0 Å². The average Bonchev–Trinajstić information content (AvgIpc) is 2.85. The van der Waals surface area contributed by atoms with E-state index in [0.29, 0.717) is 24.1 Å². The zero-order chi connectivity index (χ0) is 12.4. The maximum atomic E-state index is 5.61. The SMILES string of the molecule is N[C]1N=C2N=CN=C2C(OCc2ccccc2)=N1. The molecule has 1 aromatic rings. The fraction of sp³-hybridized carbons (Fsp3) is 0.0833. The Morgan fingerprint density at radius 2 is 1.94 bits per heavy atom. The summed E-state index contributed by atoms with van der Waals surface area (Å²) in [7, 11) is 0. The molecule has 0 spiro atoms. The van der Waals surface area contributed by atoms with E-state index in [0.717, 1.165) is 5.56 Å². The number of rotatable bonds is 2. The average molecular weight is 240 g/mol. The summed E-state index contributed by atoms with van der Waals surface area (Å²) in [5.74, 6) is 0.810. The molecule has 0 saturated carbocycles. The zero-order valence-electron chi connectivity index (χ0n) is 9.45. The Balaban J connectivity index is 1.74. The Hall–Kier alpha value is -2.34. The first-order valence-electron chi connectivity index (χ1n) is 5.40. The Morgan fingerprint density at radius 1 is 1.11 bits per heavy atom. The largest absolute Gasteiger partial charge is 0.471 e. The van der Waals surface area contributed by atoms with Gasteiger partial charge in [-0.3, -0.25) is 5.73 Å². The Labute approximate surface area is 104 Å². The van der Waals surface area contributed by atoms with E-state index in [9.17, 15) is 0 Å². The maximum absolute atomic E-state index is 5.61. The molecule has 0 bridgehead atoms. The van der Waals surface area contributed by atoms with Crippen molar-refractivity contribution >= 4 is 23.8 Å². The van der Waals surface area contributed by atoms with Gasteiger partial charge in [-0.1, -0.05) is 30.3 Å². The summed E-state index contributed by atoms with van der Waals surface area (Å²) in [5.41, 5.74) is 7.15. The number of hydrogen-bond donors (Lipinski definition) is 1. The summed E-state index contributed by atoms with van der Waals surface area (Å²) < 4.78 is 5.61. The van der Waals surface area contributed by atoms with Crippen molar-refractivity contribution in [3.8, 4) is 0 Å². The highest BCUT2D eigenvalue weighted by Gasteiger charge is 2.26. The summed E-state index contributed by atoms with van der Waals surface area (Å²) in [6, 6.07) is 9.79. The second-order valence-electron chi connectivity index (χ2n) is 3.71. The molecule has 0 unspecified atom stereocenters. The lowest BCUT2D eigenvalue weighted by Crippen LogP contribution is -2.30. The monoisotopic (exact) mass is 240 g/mol. The van der Waals surface area contributed by atoms with Crippen LogP contribution in [0.2, 0.25) is 0 Å². The Kier molecular flexibility index (Phi) is 2.70. The predicted molar refractivity (Wildman–Crippen MR) is 69.5 cm³/mol. The van der Waals surface area contributed by atoms with Gasteiger partial charge in [0, 0.05) is 0 Å². The molecule has 0 aliphatic carbocycles. The van der Waals surface area contributed by atoms with E-state index < -0.39 is 0 Å². The highest BCUT2D eigenvalue weighted by Crippen LogP contribution is 2.12. The molecular weight excluding hydrogens is 230 g/mol. The molecule has 89 valence electrons. The van der Waals surface area contributed by atoms with Crippen molar-refractivity contribution in [3.05, 3.63) is 42.2 Å². The number of fused-ring (bicyclic) bond motifs is 1. The first-order valence-corrected chi connectivity index (χ1v) is 5.40. The topological polar surface area (TPSA) is 84.7 Å². The van der Waals surface area contributed by atoms with Crippen molar-refractivity contribution in [2.75, 3.05) is 0 Å². The summed E-state index contributed by atoms with van der Waals surface area (Å²) in [6.45, 7) is 0.402. The number of nitrogens with zero attached hydrogens (tertiary/aromatic N) is 4. The van der Waals surface area contributed by atoms with Gasteiger partial charge >= 0.3 is 0 Å². The van der Waals surface area contributed by atoms with Crippen LogP contribution in [-0.2, 0) is 11.3 Å². The smallest absolute Gasteiger partial charge is 0.268 e. The molecular formula is C12H10N5O. The lowest BCUT2D eigenvalue weighted by Gasteiger charge is -2.14. The van der Waals surface area contributed by atoms with Crippen molar-refractivity contribution in [1.82, 2.24) is 0 Å². The molecule has 1 aromatic carbocycles. The number of benzene rings is 1. The van der Waals surface area contributed by atoms with Crippen molar-refractivity contribution in [1.29, 1.82) is 0 Å². The fourth-order valence-electron chi connectivity index (χ4n) is 1.61. The van der Waals surface area contributed by atoms with E-state index >= 15 is 0 Å². The van der Waals surface area contributed by atoms with Gasteiger partial charge in [-0.2, -0.15) is 4.99 Å². The van der Waals surface area contributed by atoms with E-state index in [1.165, 1.54) is 6.34 Å². The van der Waals surface area contributed by atoms with E-state index in [4.69, 9.17) is 10.5 Å². The minimum absolute atomic E-state index is 0.131. The molecule has 2 aliphatic rings. The van der Waals surface area contributed by atoms with Crippen LogP contribution in [0, 0.1) is 6.29 Å². The summed E-state index contributed by atoms with van der Waals surface area (Å²) in [6.07, 6.45) is 1.54. The number of hydrogen-bond acceptors (Lipinski definition) is 6. The molecule has 2 aliphatic heterocycles. The minimum Gasteiger partial charge on any atom is -0.471 e. The van der Waals surface area contributed by atoms with E-state index in [-0.39, 0.29) is 6.29 Å². The summed E-state index contributed by atoms with van der Waals surface area (Å²) >= 11 is 0. The molecule has 6 heteroatoms. The van der Waals surface area contributed by atoms with Crippen LogP contribution in [0.3, 0.4) is 0 Å². The van der Waals surface area contributed by atoms with Crippen molar-refractivity contribution < 1.29 is 4.74 Å². The lowest BCUT2D eigenvalue weighted by molar-refractivity contribution is 0.297. The fourth-order valence-corrected chi connectivity index (χ4v) is 1.61. The zero-order valence-corrected chi connectivity index (χ0v) is 9.45. The van der Waals surface area contributed by atoms with Gasteiger partial charge in [0.2, 0.25) is 5.90 Å². The molecule has 3 rings (SSSR count). The highest BCUT2D eigenvalue weighted by molar-refractivity contribution is 6.69. The summed E-state index contributed by atoms with van der Waals surface area (Å²) in [4.78, 5) is 16.0. The quantitative estimate of drug-likeness (QED) is 0.832. The first kappa shape index (κ1) is 10.8. The van der Waals surface area contributed by atoms with E-state index in [1.807, 2.05) is 30.3 Å². The molecule has 0 fully saturated rings. The highest BCUT2D eigenvalue weighted by atomic mass is 16.5. The van der Waals surface area contributed by atoms with Crippen molar-refractivity contribution in [2.45, 2.75) is 6.61 Å². The van der Waals surface area contributed by atoms with Gasteiger partial charge in [-0.05, 0) is 5.56 Å². The maximum Gasteiger partial charge on any atom is 0.268 e. The minimum atomic E-state index is 0.131. The molecule has 0 aromatic heterocycles. The van der Waals surface area contributed by atoms with Crippen LogP contribution in [0.5, 0.6) is 0 Å². The van der Waals surface area contributed by atoms with Crippen LogP contribution in [0.4, 0.5) is 0 Å². The van der Waals surface area contributed by atoms with Crippen LogP contribution in [0.25, 0.3) is 0 Å². The number of ether oxygens (including phenoxy) is 1. The Morgan fingerprint density at radius 3 is 2.78 bits per heavy atom. The normalized spacial score (nSPS) is 17.9. The number of nitrogens with two attached hydrogens (primary N) is 1. The van der Waals surface area contributed by atoms with Crippen molar-refractivity contribution in [3.63, 3.8) is 0 Å². The second kappa shape index (κ2) is 4.50. The van der Waals surface area contributed by atoms with Gasteiger partial charge in [-0.15, -0.1) is 0 Å². The van der Waals surface area contributed by atoms with Gasteiger partial charge in [0.25, 0.3) is 6.29 Å².